The van der Waals surface area contributed by atoms with Crippen LogP contribution >= 0.6 is 0 Å². The SMILES string of the molecule is CCOc1ccc(/C(O)=C2\C(=O)C(=O)N(Cc3ccccn3)C2c2ccncc2)cc1. The number of carbonyl (C=O) groups is 2. The maximum Gasteiger partial charge on any atom is 0.296 e. The smallest absolute Gasteiger partial charge is 0.296 e. The van der Waals surface area contributed by atoms with E-state index in [1.807, 2.05) is 13.0 Å². The molecule has 0 spiro atoms. The predicted octanol–water partition coefficient (Wildman–Crippen LogP) is 3.50. The van der Waals surface area contributed by atoms with Crippen molar-refractivity contribution in [2.75, 3.05) is 6.61 Å². The number of rotatable bonds is 6. The largest absolute Gasteiger partial charge is 0.507 e. The molecule has 2 aromatic heterocycles. The zero-order valence-electron chi connectivity index (χ0n) is 16.9. The van der Waals surface area contributed by atoms with Crippen LogP contribution in [0, 0.1) is 0 Å². The van der Waals surface area contributed by atoms with Crippen LogP contribution in [0.15, 0.2) is 78.8 Å². The number of pyridine rings is 2. The summed E-state index contributed by atoms with van der Waals surface area (Å²) in [7, 11) is 0. The molecule has 4 rings (SSSR count). The van der Waals surface area contributed by atoms with Gasteiger partial charge in [-0.3, -0.25) is 19.6 Å². The van der Waals surface area contributed by atoms with Crippen LogP contribution in [0.4, 0.5) is 0 Å². The number of aliphatic hydroxyl groups excluding tert-OH is 1. The van der Waals surface area contributed by atoms with Gasteiger partial charge in [-0.05, 0) is 61.0 Å². The lowest BCUT2D eigenvalue weighted by atomic mass is 9.96. The number of aliphatic hydroxyl groups is 1. The van der Waals surface area contributed by atoms with Crippen molar-refractivity contribution in [1.82, 2.24) is 14.9 Å². The standard InChI is InChI=1S/C24H21N3O4/c1-2-31-19-8-6-17(7-9-19)22(28)20-21(16-10-13-25-14-11-16)27(24(30)23(20)29)15-18-5-3-4-12-26-18/h3-14,21,28H,2,15H2,1H3/b22-20+. The van der Waals surface area contributed by atoms with Gasteiger partial charge < -0.3 is 14.7 Å². The number of benzene rings is 1. The molecular formula is C24H21N3O4. The molecule has 3 aromatic rings. The van der Waals surface area contributed by atoms with Crippen LogP contribution in [-0.2, 0) is 16.1 Å². The van der Waals surface area contributed by atoms with E-state index in [1.54, 1.807) is 67.1 Å². The van der Waals surface area contributed by atoms with Gasteiger partial charge in [0.05, 0.1) is 30.5 Å². The summed E-state index contributed by atoms with van der Waals surface area (Å²) in [6.45, 7) is 2.54. The van der Waals surface area contributed by atoms with Gasteiger partial charge in [0.2, 0.25) is 0 Å². The van der Waals surface area contributed by atoms with Crippen LogP contribution in [-0.4, -0.2) is 38.3 Å². The van der Waals surface area contributed by atoms with Crippen molar-refractivity contribution in [2.24, 2.45) is 0 Å². The Kier molecular flexibility index (Phi) is 5.75. The maximum absolute atomic E-state index is 13.0. The van der Waals surface area contributed by atoms with Gasteiger partial charge in [0.25, 0.3) is 11.7 Å². The molecule has 3 heterocycles. The molecule has 1 aliphatic heterocycles. The van der Waals surface area contributed by atoms with Crippen molar-refractivity contribution in [2.45, 2.75) is 19.5 Å². The van der Waals surface area contributed by atoms with E-state index >= 15 is 0 Å². The van der Waals surface area contributed by atoms with Crippen LogP contribution in [0.5, 0.6) is 5.75 Å². The van der Waals surface area contributed by atoms with Crippen LogP contribution in [0.3, 0.4) is 0 Å². The molecule has 1 amide bonds. The molecule has 1 unspecified atom stereocenters. The first-order valence-electron chi connectivity index (χ1n) is 9.91. The molecule has 1 saturated heterocycles. The molecule has 0 radical (unpaired) electrons. The lowest BCUT2D eigenvalue weighted by molar-refractivity contribution is -0.140. The zero-order valence-corrected chi connectivity index (χ0v) is 16.9. The first-order chi connectivity index (χ1) is 15.1. The fourth-order valence-corrected chi connectivity index (χ4v) is 3.63. The highest BCUT2D eigenvalue weighted by atomic mass is 16.5. The number of hydrogen-bond donors (Lipinski definition) is 1. The third-order valence-corrected chi connectivity index (χ3v) is 5.06. The quantitative estimate of drug-likeness (QED) is 0.376. The number of hydrogen-bond acceptors (Lipinski definition) is 6. The lowest BCUT2D eigenvalue weighted by Crippen LogP contribution is -2.29. The second kappa shape index (κ2) is 8.79. The number of Topliss-reactive ketones (excluding diaryl/α,β-unsaturated/α-hetero) is 1. The van der Waals surface area contributed by atoms with Crippen LogP contribution < -0.4 is 4.74 Å². The first-order valence-corrected chi connectivity index (χ1v) is 9.91. The van der Waals surface area contributed by atoms with Gasteiger partial charge in [-0.1, -0.05) is 6.07 Å². The average Bonchev–Trinajstić information content (AvgIpc) is 3.05. The first kappa shape index (κ1) is 20.3. The minimum Gasteiger partial charge on any atom is -0.507 e. The second-order valence-electron chi connectivity index (χ2n) is 6.99. The summed E-state index contributed by atoms with van der Waals surface area (Å²) in [6.07, 6.45) is 4.81. The van der Waals surface area contributed by atoms with E-state index in [1.165, 1.54) is 4.90 Å². The van der Waals surface area contributed by atoms with Crippen LogP contribution in [0.2, 0.25) is 0 Å². The molecule has 1 atom stereocenters. The van der Waals surface area contributed by atoms with Gasteiger partial charge in [-0.2, -0.15) is 0 Å². The predicted molar refractivity (Wildman–Crippen MR) is 114 cm³/mol. The highest BCUT2D eigenvalue weighted by molar-refractivity contribution is 6.46. The van der Waals surface area contributed by atoms with E-state index in [2.05, 4.69) is 9.97 Å². The molecule has 0 bridgehead atoms. The minimum atomic E-state index is -0.753. The van der Waals surface area contributed by atoms with E-state index in [9.17, 15) is 14.7 Å². The molecule has 1 aromatic carbocycles. The Hall–Kier alpha value is -4.00. The van der Waals surface area contributed by atoms with E-state index in [-0.39, 0.29) is 17.9 Å². The summed E-state index contributed by atoms with van der Waals surface area (Å²) in [5.41, 5.74) is 1.79. The molecule has 156 valence electrons. The van der Waals surface area contributed by atoms with E-state index in [0.29, 0.717) is 29.2 Å². The van der Waals surface area contributed by atoms with E-state index in [4.69, 9.17) is 4.74 Å². The Morgan fingerprint density at radius 1 is 1.03 bits per heavy atom. The van der Waals surface area contributed by atoms with Crippen LogP contribution in [0.25, 0.3) is 5.76 Å². The summed E-state index contributed by atoms with van der Waals surface area (Å²) < 4.78 is 5.44. The number of carbonyl (C=O) groups excluding carboxylic acids is 2. The Morgan fingerprint density at radius 2 is 1.77 bits per heavy atom. The number of ketones is 1. The Morgan fingerprint density at radius 3 is 2.42 bits per heavy atom. The van der Waals surface area contributed by atoms with Gasteiger partial charge in [0.15, 0.2) is 0 Å². The van der Waals surface area contributed by atoms with Crippen molar-refractivity contribution >= 4 is 17.4 Å². The number of amides is 1. The summed E-state index contributed by atoms with van der Waals surface area (Å²) in [4.78, 5) is 35.7. The topological polar surface area (TPSA) is 92.6 Å². The molecule has 0 saturated carbocycles. The Bertz CT molecular complexity index is 1110. The Balaban J connectivity index is 1.80. The van der Waals surface area contributed by atoms with Crippen molar-refractivity contribution in [3.8, 4) is 5.75 Å². The van der Waals surface area contributed by atoms with E-state index in [0.717, 1.165) is 0 Å². The fourth-order valence-electron chi connectivity index (χ4n) is 3.63. The van der Waals surface area contributed by atoms with E-state index < -0.39 is 17.7 Å². The highest BCUT2D eigenvalue weighted by Gasteiger charge is 2.46. The molecule has 1 fully saturated rings. The third kappa shape index (κ3) is 4.02. The summed E-state index contributed by atoms with van der Waals surface area (Å²) >= 11 is 0. The average molecular weight is 415 g/mol. The molecule has 7 heteroatoms. The highest BCUT2D eigenvalue weighted by Crippen LogP contribution is 2.40. The second-order valence-corrected chi connectivity index (χ2v) is 6.99. The van der Waals surface area contributed by atoms with Gasteiger partial charge in [-0.15, -0.1) is 0 Å². The number of ether oxygens (including phenoxy) is 1. The van der Waals surface area contributed by atoms with Gasteiger partial charge >= 0.3 is 0 Å². The molecule has 0 aliphatic carbocycles. The van der Waals surface area contributed by atoms with Crippen molar-refractivity contribution < 1.29 is 19.4 Å². The molecule has 1 aliphatic rings. The number of aromatic nitrogens is 2. The van der Waals surface area contributed by atoms with Gasteiger partial charge in [-0.25, -0.2) is 0 Å². The summed E-state index contributed by atoms with van der Waals surface area (Å²) in [5.74, 6) is -0.990. The van der Waals surface area contributed by atoms with Crippen molar-refractivity contribution in [3.05, 3.63) is 95.6 Å². The molecular weight excluding hydrogens is 394 g/mol. The number of nitrogens with zero attached hydrogens (tertiary/aromatic N) is 3. The third-order valence-electron chi connectivity index (χ3n) is 5.06. The molecule has 31 heavy (non-hydrogen) atoms. The Labute approximate surface area is 179 Å². The lowest BCUT2D eigenvalue weighted by Gasteiger charge is -2.25. The summed E-state index contributed by atoms with van der Waals surface area (Å²) in [6, 6.07) is 14.8. The monoisotopic (exact) mass is 415 g/mol. The molecule has 7 nitrogen and oxygen atoms in total. The molecule has 1 N–H and O–H groups in total. The van der Waals surface area contributed by atoms with Crippen molar-refractivity contribution in [1.29, 1.82) is 0 Å². The van der Waals surface area contributed by atoms with Crippen molar-refractivity contribution in [3.63, 3.8) is 0 Å². The van der Waals surface area contributed by atoms with Crippen LogP contribution in [0.1, 0.15) is 29.8 Å². The summed E-state index contributed by atoms with van der Waals surface area (Å²) in [5, 5.41) is 11.1. The maximum atomic E-state index is 13.0. The minimum absolute atomic E-state index is 0.0382. The zero-order chi connectivity index (χ0) is 21.8. The fraction of sp³-hybridized carbons (Fsp3) is 0.167. The normalized spacial score (nSPS) is 17.7. The van der Waals surface area contributed by atoms with Gasteiger partial charge in [0.1, 0.15) is 11.5 Å². The number of likely N-dealkylation sites (tertiary alicyclic amines) is 1. The van der Waals surface area contributed by atoms with Gasteiger partial charge in [0, 0.05) is 24.2 Å².